The Bertz CT molecular complexity index is 2520. The van der Waals surface area contributed by atoms with E-state index >= 15 is 0 Å². The highest BCUT2D eigenvalue weighted by Gasteiger charge is 2.29. The largest absolute Gasteiger partial charge is 0.484 e. The molecule has 0 aliphatic carbocycles. The summed E-state index contributed by atoms with van der Waals surface area (Å²) in [6.45, 7) is 2.94. The molecular weight excluding hydrogens is 750 g/mol. The van der Waals surface area contributed by atoms with E-state index in [0.717, 1.165) is 16.5 Å². The zero-order valence-electron chi connectivity index (χ0n) is 30.3. The van der Waals surface area contributed by atoms with E-state index in [0.29, 0.717) is 60.6 Å². The lowest BCUT2D eigenvalue weighted by Gasteiger charge is -2.34. The Morgan fingerprint density at radius 3 is 2.27 bits per heavy atom. The Labute approximate surface area is 320 Å². The molecule has 2 amide bonds. The molecule has 1 fully saturated rings. The molecule has 1 aliphatic heterocycles. The Morgan fingerprint density at radius 2 is 1.57 bits per heavy atom. The van der Waals surface area contributed by atoms with Crippen molar-refractivity contribution in [3.8, 4) is 17.4 Å². The number of fused-ring (bicyclic) bond motifs is 2. The fraction of sp³-hybridized carbons (Fsp3) is 0.225. The number of carbonyl (C=O) groups is 2. The zero-order chi connectivity index (χ0) is 39.6. The summed E-state index contributed by atoms with van der Waals surface area (Å²) in [6.07, 6.45) is -3.04. The maximum Gasteiger partial charge on any atom is 0.422 e. The predicted molar refractivity (Wildman–Crippen MR) is 205 cm³/mol. The molecule has 2 N–H and O–H groups in total. The van der Waals surface area contributed by atoms with Crippen LogP contribution < -0.4 is 19.5 Å². The van der Waals surface area contributed by atoms with Gasteiger partial charge in [-0.1, -0.05) is 36.4 Å². The molecule has 0 unspecified atom stereocenters. The quantitative estimate of drug-likeness (QED) is 0.141. The number of nitrogens with one attached hydrogen (secondary N) is 2. The molecule has 7 rings (SSSR count). The van der Waals surface area contributed by atoms with Gasteiger partial charge in [-0.3, -0.25) is 19.2 Å². The summed E-state index contributed by atoms with van der Waals surface area (Å²) in [6, 6.07) is 26.8. The third-order valence-electron chi connectivity index (χ3n) is 9.32. The van der Waals surface area contributed by atoms with Crippen LogP contribution in [-0.2, 0) is 28.4 Å². The first kappa shape index (κ1) is 38.2. The van der Waals surface area contributed by atoms with Crippen LogP contribution in [0.2, 0.25) is 0 Å². The lowest BCUT2D eigenvalue weighted by molar-refractivity contribution is -0.153. The summed E-state index contributed by atoms with van der Waals surface area (Å²) in [7, 11) is -2.22. The van der Waals surface area contributed by atoms with E-state index in [2.05, 4.69) is 19.9 Å². The third-order valence-corrected chi connectivity index (χ3v) is 10.8. The topological polar surface area (TPSA) is 135 Å². The van der Waals surface area contributed by atoms with Crippen LogP contribution >= 0.6 is 0 Å². The number of ether oxygens (including phenoxy) is 2. The Balaban J connectivity index is 0.962. The lowest BCUT2D eigenvalue weighted by Crippen LogP contribution is -2.48. The maximum atomic E-state index is 13.6. The molecule has 4 aromatic carbocycles. The van der Waals surface area contributed by atoms with Gasteiger partial charge < -0.3 is 24.3 Å². The number of rotatable bonds is 11. The first-order valence-electron chi connectivity index (χ1n) is 17.6. The molecule has 56 heavy (non-hydrogen) atoms. The van der Waals surface area contributed by atoms with E-state index in [-0.39, 0.29) is 34.0 Å². The summed E-state index contributed by atoms with van der Waals surface area (Å²) >= 11 is 0. The van der Waals surface area contributed by atoms with Crippen LogP contribution in [0.25, 0.3) is 21.7 Å². The Kier molecular flexibility index (Phi) is 10.6. The third kappa shape index (κ3) is 8.71. The number of alkyl halides is 3. The fourth-order valence-electron chi connectivity index (χ4n) is 6.61. The second-order valence-corrected chi connectivity index (χ2v) is 15.0. The number of amides is 2. The van der Waals surface area contributed by atoms with Crippen LogP contribution in [-0.4, -0.2) is 78.5 Å². The number of aryl methyl sites for hydroxylation is 1. The van der Waals surface area contributed by atoms with Gasteiger partial charge in [-0.2, -0.15) is 13.2 Å². The van der Waals surface area contributed by atoms with Crippen LogP contribution in [0.3, 0.4) is 0 Å². The van der Waals surface area contributed by atoms with Gasteiger partial charge in [0.05, 0.1) is 22.3 Å². The molecule has 0 saturated carbocycles. The molecule has 2 aromatic heterocycles. The van der Waals surface area contributed by atoms with Crippen LogP contribution in [0.15, 0.2) is 108 Å². The van der Waals surface area contributed by atoms with E-state index in [4.69, 9.17) is 9.47 Å². The predicted octanol–water partition coefficient (Wildman–Crippen LogP) is 7.18. The monoisotopic (exact) mass is 786 g/mol. The maximum absolute atomic E-state index is 13.6. The standard InChI is InChI=1S/C40H37F3N6O6S/c1-26(50)45-34-7-3-6-33-32(34)5-4-8-37(33)56(52,53)46-29-12-16-38(44-23-29)55-31-15-11-28-21-36(47(2)35(28)22-31)39(51)49-19-17-48(18-20-49)24-27-9-13-30(14-10-27)54-25-40(41,42)43/h3-16,21-23,46H,17-20,24-25H2,1-2H3,(H,45,50). The molecule has 16 heteroatoms. The van der Waals surface area contributed by atoms with E-state index in [1.54, 1.807) is 71.6 Å². The number of sulfonamides is 1. The van der Waals surface area contributed by atoms with E-state index in [1.165, 1.54) is 31.3 Å². The van der Waals surface area contributed by atoms with Crippen molar-refractivity contribution in [3.63, 3.8) is 0 Å². The fourth-order valence-corrected chi connectivity index (χ4v) is 7.88. The van der Waals surface area contributed by atoms with Crippen molar-refractivity contribution in [1.29, 1.82) is 0 Å². The Hall–Kier alpha value is -6.13. The van der Waals surface area contributed by atoms with Crippen molar-refractivity contribution >= 4 is 54.9 Å². The normalized spacial score (nSPS) is 13.8. The number of pyridine rings is 1. The SMILES string of the molecule is CC(=O)Nc1cccc2c(S(=O)(=O)Nc3ccc(Oc4ccc5cc(C(=O)N6CCN(Cc7ccc(OCC(F)(F)F)cc7)CC6)n(C)c5c4)nc3)cccc12. The molecule has 1 aliphatic rings. The summed E-state index contributed by atoms with van der Waals surface area (Å²) < 4.78 is 79.4. The highest BCUT2D eigenvalue weighted by molar-refractivity contribution is 7.93. The average molecular weight is 787 g/mol. The molecule has 290 valence electrons. The van der Waals surface area contributed by atoms with Crippen molar-refractivity contribution in [2.45, 2.75) is 24.5 Å². The minimum Gasteiger partial charge on any atom is -0.484 e. The lowest BCUT2D eigenvalue weighted by atomic mass is 10.1. The average Bonchev–Trinajstić information content (AvgIpc) is 3.49. The van der Waals surface area contributed by atoms with E-state index < -0.39 is 22.8 Å². The van der Waals surface area contributed by atoms with Crippen molar-refractivity contribution in [1.82, 2.24) is 19.4 Å². The van der Waals surface area contributed by atoms with E-state index in [1.807, 2.05) is 23.7 Å². The van der Waals surface area contributed by atoms with Gasteiger partial charge >= 0.3 is 6.18 Å². The van der Waals surface area contributed by atoms with Crippen LogP contribution in [0.4, 0.5) is 24.5 Å². The second kappa shape index (κ2) is 15.5. The van der Waals surface area contributed by atoms with Gasteiger partial charge in [-0.25, -0.2) is 13.4 Å². The van der Waals surface area contributed by atoms with Gasteiger partial charge in [0.15, 0.2) is 6.61 Å². The number of aromatic nitrogens is 2. The minimum atomic E-state index is -4.40. The second-order valence-electron chi connectivity index (χ2n) is 13.4. The number of carbonyl (C=O) groups excluding carboxylic acids is 2. The molecule has 0 radical (unpaired) electrons. The number of hydrogen-bond acceptors (Lipinski definition) is 8. The summed E-state index contributed by atoms with van der Waals surface area (Å²) in [5, 5.41) is 4.61. The van der Waals surface area contributed by atoms with Gasteiger partial charge in [-0.15, -0.1) is 0 Å². The zero-order valence-corrected chi connectivity index (χ0v) is 31.2. The molecule has 6 aromatic rings. The summed E-state index contributed by atoms with van der Waals surface area (Å²) in [4.78, 5) is 33.6. The van der Waals surface area contributed by atoms with Crippen molar-refractivity contribution < 1.29 is 40.7 Å². The molecule has 1 saturated heterocycles. The van der Waals surface area contributed by atoms with E-state index in [9.17, 15) is 31.2 Å². The van der Waals surface area contributed by atoms with Gasteiger partial charge in [-0.05, 0) is 54.1 Å². The molecule has 3 heterocycles. The molecule has 0 atom stereocenters. The van der Waals surface area contributed by atoms with Crippen LogP contribution in [0, 0.1) is 0 Å². The highest BCUT2D eigenvalue weighted by atomic mass is 32.2. The van der Waals surface area contributed by atoms with Gasteiger partial charge in [0.25, 0.3) is 15.9 Å². The molecule has 12 nitrogen and oxygen atoms in total. The number of nitrogens with zero attached hydrogens (tertiary/aromatic N) is 4. The number of hydrogen-bond donors (Lipinski definition) is 2. The molecule has 0 bridgehead atoms. The van der Waals surface area contributed by atoms with Crippen molar-refractivity contribution in [3.05, 3.63) is 115 Å². The number of piperazine rings is 1. The molecule has 0 spiro atoms. The minimum absolute atomic E-state index is 0.0432. The first-order chi connectivity index (χ1) is 26.7. The molecular formula is C40H37F3N6O6S. The van der Waals surface area contributed by atoms with Crippen LogP contribution in [0.5, 0.6) is 17.4 Å². The van der Waals surface area contributed by atoms with Gasteiger partial charge in [0.1, 0.15) is 17.2 Å². The number of anilines is 2. The summed E-state index contributed by atoms with van der Waals surface area (Å²) in [5.41, 5.74) is 2.95. The van der Waals surface area contributed by atoms with Crippen LogP contribution in [0.1, 0.15) is 23.0 Å². The smallest absolute Gasteiger partial charge is 0.422 e. The van der Waals surface area contributed by atoms with Crippen molar-refractivity contribution in [2.24, 2.45) is 7.05 Å². The summed E-state index contributed by atoms with van der Waals surface area (Å²) in [5.74, 6) is 0.482. The first-order valence-corrected chi connectivity index (χ1v) is 19.1. The Morgan fingerprint density at radius 1 is 0.857 bits per heavy atom. The van der Waals surface area contributed by atoms with Gasteiger partial charge in [0, 0.05) is 80.7 Å². The number of benzene rings is 4. The highest BCUT2D eigenvalue weighted by Crippen LogP contribution is 2.31. The van der Waals surface area contributed by atoms with Crippen molar-refractivity contribution in [2.75, 3.05) is 42.8 Å². The number of halogens is 3. The van der Waals surface area contributed by atoms with Gasteiger partial charge in [0.2, 0.25) is 11.8 Å².